The van der Waals surface area contributed by atoms with Crippen LogP contribution >= 0.6 is 11.6 Å². The molecule has 82 valence electrons. The Kier molecular flexibility index (Phi) is 3.68. The normalized spacial score (nSPS) is 14.6. The molecule has 0 amide bonds. The van der Waals surface area contributed by atoms with E-state index in [9.17, 15) is 4.79 Å². The Morgan fingerprint density at radius 2 is 2.00 bits per heavy atom. The summed E-state index contributed by atoms with van der Waals surface area (Å²) in [6.07, 6.45) is 0.0655. The molecule has 0 aliphatic carbocycles. The van der Waals surface area contributed by atoms with E-state index in [1.807, 2.05) is 0 Å². The van der Waals surface area contributed by atoms with Crippen LogP contribution in [0.25, 0.3) is 0 Å². The van der Waals surface area contributed by atoms with Gasteiger partial charge in [-0.15, -0.1) is 0 Å². The van der Waals surface area contributed by atoms with Crippen molar-refractivity contribution in [3.63, 3.8) is 0 Å². The number of aliphatic carboxylic acids is 1. The van der Waals surface area contributed by atoms with Gasteiger partial charge in [-0.2, -0.15) is 0 Å². The van der Waals surface area contributed by atoms with E-state index in [0.717, 1.165) is 5.56 Å². The molecule has 0 fully saturated rings. The Bertz CT molecular complexity index is 349. The fraction of sp³-hybridized carbons (Fsp3) is 0.300. The quantitative estimate of drug-likeness (QED) is 0.615. The van der Waals surface area contributed by atoms with E-state index in [2.05, 4.69) is 4.89 Å². The summed E-state index contributed by atoms with van der Waals surface area (Å²) in [7, 11) is 0. The van der Waals surface area contributed by atoms with Gasteiger partial charge in [0.05, 0.1) is 0 Å². The molecule has 1 atom stereocenters. The fourth-order valence-corrected chi connectivity index (χ4v) is 1.26. The van der Waals surface area contributed by atoms with Crippen molar-refractivity contribution in [1.29, 1.82) is 0 Å². The van der Waals surface area contributed by atoms with Crippen LogP contribution in [0, 0.1) is 0 Å². The summed E-state index contributed by atoms with van der Waals surface area (Å²) in [6.45, 7) is 1.30. The van der Waals surface area contributed by atoms with E-state index >= 15 is 0 Å². The third-order valence-corrected chi connectivity index (χ3v) is 2.36. The number of carboxylic acid groups (broad SMARTS) is 1. The van der Waals surface area contributed by atoms with E-state index in [0.29, 0.717) is 5.02 Å². The molecule has 0 aliphatic heterocycles. The molecule has 15 heavy (non-hydrogen) atoms. The molecule has 0 saturated heterocycles. The van der Waals surface area contributed by atoms with Gasteiger partial charge >= 0.3 is 5.97 Å². The van der Waals surface area contributed by atoms with E-state index in [-0.39, 0.29) is 6.42 Å². The molecule has 0 radical (unpaired) electrons. The summed E-state index contributed by atoms with van der Waals surface area (Å²) >= 11 is 5.68. The van der Waals surface area contributed by atoms with Crippen molar-refractivity contribution < 1.29 is 20.0 Å². The Labute approximate surface area is 92.0 Å². The van der Waals surface area contributed by atoms with Crippen molar-refractivity contribution in [1.82, 2.24) is 0 Å². The highest BCUT2D eigenvalue weighted by atomic mass is 35.5. The van der Waals surface area contributed by atoms with E-state index < -0.39 is 11.6 Å². The summed E-state index contributed by atoms with van der Waals surface area (Å²) in [6, 6.07) is 6.66. The Hall–Kier alpha value is -1.10. The fourth-order valence-electron chi connectivity index (χ4n) is 1.14. The molecule has 0 aromatic heterocycles. The number of hydrogen-bond donors (Lipinski definition) is 2. The van der Waals surface area contributed by atoms with Crippen molar-refractivity contribution in [3.05, 3.63) is 34.9 Å². The maximum atomic E-state index is 10.8. The highest BCUT2D eigenvalue weighted by Crippen LogP contribution is 2.18. The number of benzene rings is 1. The smallest absolute Gasteiger partial charge is 0.339 e. The predicted octanol–water partition coefficient (Wildman–Crippen LogP) is 2.22. The predicted molar refractivity (Wildman–Crippen MR) is 54.9 cm³/mol. The third kappa shape index (κ3) is 2.92. The van der Waals surface area contributed by atoms with Crippen LogP contribution in [0.15, 0.2) is 24.3 Å². The maximum Gasteiger partial charge on any atom is 0.339 e. The van der Waals surface area contributed by atoms with Crippen LogP contribution in [0.5, 0.6) is 0 Å². The van der Waals surface area contributed by atoms with Crippen molar-refractivity contribution in [3.8, 4) is 0 Å². The molecular formula is C10H11ClO4. The SMILES string of the molecule is CC(Cc1ccc(Cl)cc1)(OO)C(=O)O. The standard InChI is InChI=1S/C10H11ClO4/c1-10(15-14,9(12)13)6-7-2-4-8(11)5-3-7/h2-5,14H,6H2,1H3,(H,12,13). The van der Waals surface area contributed by atoms with Crippen LogP contribution in [0.2, 0.25) is 5.02 Å². The second-order valence-corrected chi connectivity index (χ2v) is 3.87. The molecule has 0 aliphatic rings. The number of carboxylic acids is 1. The molecule has 2 N–H and O–H groups in total. The van der Waals surface area contributed by atoms with E-state index in [1.54, 1.807) is 24.3 Å². The number of hydrogen-bond acceptors (Lipinski definition) is 3. The van der Waals surface area contributed by atoms with Gasteiger partial charge in [0.1, 0.15) is 0 Å². The number of halogens is 1. The second kappa shape index (κ2) is 4.61. The molecule has 5 heteroatoms. The lowest BCUT2D eigenvalue weighted by Gasteiger charge is -2.20. The first-order valence-electron chi connectivity index (χ1n) is 4.28. The number of rotatable bonds is 4. The van der Waals surface area contributed by atoms with Gasteiger partial charge < -0.3 is 5.11 Å². The largest absolute Gasteiger partial charge is 0.479 e. The summed E-state index contributed by atoms with van der Waals surface area (Å²) in [5, 5.41) is 18.0. The minimum absolute atomic E-state index is 0.0655. The molecule has 1 rings (SSSR count). The van der Waals surface area contributed by atoms with Crippen molar-refractivity contribution >= 4 is 17.6 Å². The molecule has 0 saturated carbocycles. The minimum Gasteiger partial charge on any atom is -0.479 e. The van der Waals surface area contributed by atoms with E-state index in [4.69, 9.17) is 22.0 Å². The zero-order chi connectivity index (χ0) is 11.5. The van der Waals surface area contributed by atoms with Gasteiger partial charge in [0.2, 0.25) is 5.60 Å². The summed E-state index contributed by atoms with van der Waals surface area (Å²) in [5.74, 6) is -1.22. The molecule has 1 aromatic carbocycles. The first-order valence-corrected chi connectivity index (χ1v) is 4.66. The van der Waals surface area contributed by atoms with Crippen LogP contribution in [-0.2, 0) is 16.1 Å². The highest BCUT2D eigenvalue weighted by Gasteiger charge is 2.35. The van der Waals surface area contributed by atoms with Gasteiger partial charge in [-0.05, 0) is 24.6 Å². The second-order valence-electron chi connectivity index (χ2n) is 3.43. The van der Waals surface area contributed by atoms with E-state index in [1.165, 1.54) is 6.92 Å². The molecule has 4 nitrogen and oxygen atoms in total. The van der Waals surface area contributed by atoms with Gasteiger partial charge in [0.25, 0.3) is 0 Å². The maximum absolute atomic E-state index is 10.8. The lowest BCUT2D eigenvalue weighted by Crippen LogP contribution is -2.39. The van der Waals surface area contributed by atoms with Crippen molar-refractivity contribution in [2.45, 2.75) is 18.9 Å². The molecule has 1 aromatic rings. The molecule has 0 heterocycles. The van der Waals surface area contributed by atoms with Gasteiger partial charge in [0.15, 0.2) is 0 Å². The minimum atomic E-state index is -1.63. The molecule has 0 spiro atoms. The van der Waals surface area contributed by atoms with Crippen molar-refractivity contribution in [2.24, 2.45) is 0 Å². The summed E-state index contributed by atoms with van der Waals surface area (Å²) < 4.78 is 0. The summed E-state index contributed by atoms with van der Waals surface area (Å²) in [4.78, 5) is 14.8. The Morgan fingerprint density at radius 3 is 2.40 bits per heavy atom. The first kappa shape index (κ1) is 12.0. The number of carbonyl (C=O) groups is 1. The lowest BCUT2D eigenvalue weighted by molar-refractivity contribution is -0.311. The van der Waals surface area contributed by atoms with Gasteiger partial charge in [-0.3, -0.25) is 5.26 Å². The zero-order valence-corrected chi connectivity index (χ0v) is 8.86. The Balaban J connectivity index is 2.84. The third-order valence-electron chi connectivity index (χ3n) is 2.11. The molecular weight excluding hydrogens is 220 g/mol. The van der Waals surface area contributed by atoms with Gasteiger partial charge in [0, 0.05) is 11.4 Å². The average molecular weight is 231 g/mol. The van der Waals surface area contributed by atoms with Crippen LogP contribution in [0.4, 0.5) is 0 Å². The van der Waals surface area contributed by atoms with Crippen LogP contribution in [0.3, 0.4) is 0 Å². The van der Waals surface area contributed by atoms with Gasteiger partial charge in [-0.1, -0.05) is 23.7 Å². The van der Waals surface area contributed by atoms with Crippen LogP contribution in [0.1, 0.15) is 12.5 Å². The molecule has 1 unspecified atom stereocenters. The van der Waals surface area contributed by atoms with Crippen LogP contribution < -0.4 is 0 Å². The van der Waals surface area contributed by atoms with Crippen LogP contribution in [-0.4, -0.2) is 21.9 Å². The lowest BCUT2D eigenvalue weighted by atomic mass is 9.97. The monoisotopic (exact) mass is 230 g/mol. The average Bonchev–Trinajstić information content (AvgIpc) is 2.21. The summed E-state index contributed by atoms with van der Waals surface area (Å²) in [5.41, 5.74) is -0.910. The topological polar surface area (TPSA) is 66.8 Å². The zero-order valence-electron chi connectivity index (χ0n) is 8.11. The highest BCUT2D eigenvalue weighted by molar-refractivity contribution is 6.30. The first-order chi connectivity index (χ1) is 6.98. The van der Waals surface area contributed by atoms with Gasteiger partial charge in [-0.25, -0.2) is 9.68 Å². The van der Waals surface area contributed by atoms with Crippen molar-refractivity contribution in [2.75, 3.05) is 0 Å². The molecule has 0 bridgehead atoms. The Morgan fingerprint density at radius 1 is 1.47 bits per heavy atom.